The fourth-order valence-electron chi connectivity index (χ4n) is 2.32. The van der Waals surface area contributed by atoms with Crippen LogP contribution in [0.2, 0.25) is 0 Å². The van der Waals surface area contributed by atoms with Crippen LogP contribution in [0.5, 0.6) is 11.5 Å². The van der Waals surface area contributed by atoms with Gasteiger partial charge in [-0.3, -0.25) is 0 Å². The van der Waals surface area contributed by atoms with Crippen molar-refractivity contribution >= 4 is 20.2 Å². The predicted octanol–water partition coefficient (Wildman–Crippen LogP) is 3.84. The summed E-state index contributed by atoms with van der Waals surface area (Å²) in [5.74, 6) is 0.268. The lowest BCUT2D eigenvalue weighted by Gasteiger charge is -2.10. The fraction of sp³-hybridized carbons (Fsp3) is 0.100. The standard InChI is InChI=1S/C20H18O6S2/c1-15-6-10-17(11-7-15)25-27(21,22)19-4-3-5-20(14-19)28(23,24)26-18-12-8-16(2)9-13-18/h3-14H,1-2H3. The molecule has 0 saturated carbocycles. The number of rotatable bonds is 6. The van der Waals surface area contributed by atoms with Gasteiger partial charge in [0.1, 0.15) is 21.3 Å². The molecular formula is C20H18O6S2. The molecule has 0 heterocycles. The van der Waals surface area contributed by atoms with E-state index in [1.165, 1.54) is 42.5 Å². The normalized spacial score (nSPS) is 11.8. The molecule has 0 radical (unpaired) electrons. The first-order valence-corrected chi connectivity index (χ1v) is 11.1. The Morgan fingerprint density at radius 1 is 0.571 bits per heavy atom. The minimum atomic E-state index is -4.21. The molecule has 0 spiro atoms. The molecule has 28 heavy (non-hydrogen) atoms. The van der Waals surface area contributed by atoms with Gasteiger partial charge in [-0.05, 0) is 56.3 Å². The minimum absolute atomic E-state index is 0.134. The molecule has 0 aliphatic rings. The van der Waals surface area contributed by atoms with E-state index in [1.807, 2.05) is 13.8 Å². The highest BCUT2D eigenvalue weighted by Crippen LogP contribution is 2.24. The van der Waals surface area contributed by atoms with Gasteiger partial charge in [0.15, 0.2) is 0 Å². The summed E-state index contributed by atoms with van der Waals surface area (Å²) in [6.07, 6.45) is 0. The average Bonchev–Trinajstić information content (AvgIpc) is 2.65. The molecule has 0 bridgehead atoms. The second-order valence-electron chi connectivity index (χ2n) is 6.18. The lowest BCUT2D eigenvalue weighted by molar-refractivity contribution is 0.483. The molecule has 0 unspecified atom stereocenters. The second kappa shape index (κ2) is 7.65. The molecule has 0 aliphatic heterocycles. The Morgan fingerprint density at radius 2 is 0.929 bits per heavy atom. The Morgan fingerprint density at radius 3 is 1.29 bits per heavy atom. The van der Waals surface area contributed by atoms with Gasteiger partial charge >= 0.3 is 20.2 Å². The van der Waals surface area contributed by atoms with Crippen molar-refractivity contribution in [1.29, 1.82) is 0 Å². The summed E-state index contributed by atoms with van der Waals surface area (Å²) >= 11 is 0. The van der Waals surface area contributed by atoms with Crippen molar-refractivity contribution < 1.29 is 25.2 Å². The van der Waals surface area contributed by atoms with Crippen molar-refractivity contribution in [3.05, 3.63) is 83.9 Å². The fourth-order valence-corrected chi connectivity index (χ4v) is 4.35. The molecular weight excluding hydrogens is 400 g/mol. The molecule has 0 N–H and O–H groups in total. The van der Waals surface area contributed by atoms with Crippen LogP contribution >= 0.6 is 0 Å². The highest BCUT2D eigenvalue weighted by atomic mass is 32.2. The highest BCUT2D eigenvalue weighted by molar-refractivity contribution is 7.88. The van der Waals surface area contributed by atoms with Crippen molar-refractivity contribution in [2.24, 2.45) is 0 Å². The first-order chi connectivity index (χ1) is 13.2. The number of aryl methyl sites for hydroxylation is 2. The van der Waals surface area contributed by atoms with Crippen LogP contribution in [0.1, 0.15) is 11.1 Å². The quantitative estimate of drug-likeness (QED) is 0.565. The average molecular weight is 418 g/mol. The smallest absolute Gasteiger partial charge is 0.339 e. The Hall–Kier alpha value is -2.84. The maximum absolute atomic E-state index is 12.5. The molecule has 0 atom stereocenters. The van der Waals surface area contributed by atoms with E-state index in [1.54, 1.807) is 24.3 Å². The molecule has 0 aliphatic carbocycles. The van der Waals surface area contributed by atoms with Crippen LogP contribution in [0.4, 0.5) is 0 Å². The third kappa shape index (κ3) is 4.71. The lowest BCUT2D eigenvalue weighted by Crippen LogP contribution is -2.13. The molecule has 0 fully saturated rings. The SMILES string of the molecule is Cc1ccc(OS(=O)(=O)c2cccc(S(=O)(=O)Oc3ccc(C)cc3)c2)cc1. The molecule has 146 valence electrons. The van der Waals surface area contributed by atoms with Gasteiger partial charge in [-0.2, -0.15) is 16.8 Å². The summed E-state index contributed by atoms with van der Waals surface area (Å²) in [5, 5.41) is 0. The monoisotopic (exact) mass is 418 g/mol. The van der Waals surface area contributed by atoms with Crippen molar-refractivity contribution in [3.8, 4) is 11.5 Å². The molecule has 0 amide bonds. The van der Waals surface area contributed by atoms with Gasteiger partial charge in [0.25, 0.3) is 0 Å². The van der Waals surface area contributed by atoms with Crippen molar-refractivity contribution in [2.45, 2.75) is 23.6 Å². The van der Waals surface area contributed by atoms with E-state index < -0.39 is 20.2 Å². The van der Waals surface area contributed by atoms with Crippen LogP contribution in [-0.2, 0) is 20.2 Å². The van der Waals surface area contributed by atoms with Crippen LogP contribution in [0, 0.1) is 13.8 Å². The van der Waals surface area contributed by atoms with Gasteiger partial charge in [0.2, 0.25) is 0 Å². The highest BCUT2D eigenvalue weighted by Gasteiger charge is 2.22. The van der Waals surface area contributed by atoms with Crippen LogP contribution in [0.15, 0.2) is 82.6 Å². The first kappa shape index (κ1) is 19.9. The van der Waals surface area contributed by atoms with Crippen LogP contribution < -0.4 is 8.37 Å². The van der Waals surface area contributed by atoms with Crippen molar-refractivity contribution in [1.82, 2.24) is 0 Å². The predicted molar refractivity (Wildman–Crippen MR) is 104 cm³/mol. The first-order valence-electron chi connectivity index (χ1n) is 8.28. The maximum Gasteiger partial charge on any atom is 0.339 e. The van der Waals surface area contributed by atoms with Crippen LogP contribution in [-0.4, -0.2) is 16.8 Å². The molecule has 3 rings (SSSR count). The largest absolute Gasteiger partial charge is 0.379 e. The third-order valence-corrected chi connectivity index (χ3v) is 6.32. The summed E-state index contributed by atoms with van der Waals surface area (Å²) in [7, 11) is -8.41. The van der Waals surface area contributed by atoms with E-state index in [0.717, 1.165) is 17.2 Å². The minimum Gasteiger partial charge on any atom is -0.379 e. The second-order valence-corrected chi connectivity index (χ2v) is 9.27. The molecule has 0 aromatic heterocycles. The van der Waals surface area contributed by atoms with Crippen molar-refractivity contribution in [3.63, 3.8) is 0 Å². The zero-order valence-electron chi connectivity index (χ0n) is 15.2. The van der Waals surface area contributed by atoms with Crippen LogP contribution in [0.3, 0.4) is 0 Å². The van der Waals surface area contributed by atoms with Gasteiger partial charge in [-0.15, -0.1) is 0 Å². The Labute approximate surface area is 164 Å². The molecule has 3 aromatic carbocycles. The Kier molecular flexibility index (Phi) is 5.44. The number of hydrogen-bond donors (Lipinski definition) is 0. The van der Waals surface area contributed by atoms with Gasteiger partial charge in [0, 0.05) is 0 Å². The van der Waals surface area contributed by atoms with Crippen molar-refractivity contribution in [2.75, 3.05) is 0 Å². The Balaban J connectivity index is 1.88. The summed E-state index contributed by atoms with van der Waals surface area (Å²) in [6, 6.07) is 17.8. The molecule has 6 nitrogen and oxygen atoms in total. The van der Waals surface area contributed by atoms with E-state index in [0.29, 0.717) is 0 Å². The van der Waals surface area contributed by atoms with Gasteiger partial charge in [0.05, 0.1) is 0 Å². The Bertz CT molecular complexity index is 1090. The van der Waals surface area contributed by atoms with E-state index in [-0.39, 0.29) is 21.3 Å². The molecule has 0 saturated heterocycles. The van der Waals surface area contributed by atoms with E-state index in [4.69, 9.17) is 8.37 Å². The van der Waals surface area contributed by atoms with E-state index >= 15 is 0 Å². The maximum atomic E-state index is 12.5. The third-order valence-electron chi connectivity index (χ3n) is 3.84. The van der Waals surface area contributed by atoms with Gasteiger partial charge in [-0.1, -0.05) is 41.5 Å². The van der Waals surface area contributed by atoms with E-state index in [2.05, 4.69) is 0 Å². The summed E-state index contributed by atoms with van der Waals surface area (Å²) in [4.78, 5) is -0.580. The van der Waals surface area contributed by atoms with E-state index in [9.17, 15) is 16.8 Å². The zero-order valence-corrected chi connectivity index (χ0v) is 16.8. The number of hydrogen-bond acceptors (Lipinski definition) is 6. The number of benzene rings is 3. The summed E-state index contributed by atoms with van der Waals surface area (Å²) < 4.78 is 60.2. The molecule has 3 aromatic rings. The summed E-state index contributed by atoms with van der Waals surface area (Å²) in [5.41, 5.74) is 1.90. The topological polar surface area (TPSA) is 86.7 Å². The van der Waals surface area contributed by atoms with Crippen LogP contribution in [0.25, 0.3) is 0 Å². The zero-order chi connectivity index (χ0) is 20.4. The van der Waals surface area contributed by atoms with Gasteiger partial charge in [-0.25, -0.2) is 0 Å². The van der Waals surface area contributed by atoms with Gasteiger partial charge < -0.3 is 8.37 Å². The summed E-state index contributed by atoms with van der Waals surface area (Å²) in [6.45, 7) is 3.72. The molecule has 8 heteroatoms. The lowest BCUT2D eigenvalue weighted by atomic mass is 10.2.